The highest BCUT2D eigenvalue weighted by molar-refractivity contribution is 7.15. The van der Waals surface area contributed by atoms with Crippen LogP contribution in [0.25, 0.3) is 16.1 Å². The van der Waals surface area contributed by atoms with Gasteiger partial charge in [-0.25, -0.2) is 0 Å². The number of nitrogens with zero attached hydrogens (tertiary/aromatic N) is 1. The van der Waals surface area contributed by atoms with Crippen molar-refractivity contribution < 1.29 is 14.5 Å². The minimum absolute atomic E-state index is 0.0604. The Balaban J connectivity index is 1.95. The van der Waals surface area contributed by atoms with Gasteiger partial charge in [-0.2, -0.15) is 4.57 Å². The van der Waals surface area contributed by atoms with E-state index < -0.39 is 0 Å². The summed E-state index contributed by atoms with van der Waals surface area (Å²) in [5, 5.41) is 11.7. The molecule has 2 aromatic heterocycles. The smallest absolute Gasteiger partial charge is 0.242 e. The zero-order valence-corrected chi connectivity index (χ0v) is 11.4. The maximum atomic E-state index is 11.7. The number of hydrogen-bond acceptors (Lipinski definition) is 3. The van der Waals surface area contributed by atoms with E-state index in [0.717, 1.165) is 5.56 Å². The Kier molecular flexibility index (Phi) is 2.95. The van der Waals surface area contributed by atoms with Crippen LogP contribution in [0.2, 0.25) is 0 Å². The predicted octanol–water partition coefficient (Wildman–Crippen LogP) is 1.90. The summed E-state index contributed by atoms with van der Waals surface area (Å²) in [6.07, 6.45) is 4.27. The zero-order valence-electron chi connectivity index (χ0n) is 10.6. The fraction of sp³-hybridized carbons (Fsp3) is 0.200. The molecule has 3 rings (SSSR count). The van der Waals surface area contributed by atoms with Crippen LogP contribution >= 0.6 is 11.3 Å². The molecule has 0 fully saturated rings. The van der Waals surface area contributed by atoms with Crippen LogP contribution in [0.1, 0.15) is 17.7 Å². The first kappa shape index (κ1) is 12.1. The van der Waals surface area contributed by atoms with Gasteiger partial charge in [-0.05, 0) is 25.5 Å². The molecule has 0 N–H and O–H groups in total. The van der Waals surface area contributed by atoms with Crippen molar-refractivity contribution in [1.82, 2.24) is 0 Å². The number of rotatable bonds is 2. The highest BCUT2D eigenvalue weighted by atomic mass is 32.1. The van der Waals surface area contributed by atoms with Crippen molar-refractivity contribution in [2.24, 2.45) is 0 Å². The first-order chi connectivity index (χ1) is 9.15. The lowest BCUT2D eigenvalue weighted by Gasteiger charge is -2.04. The average Bonchev–Trinajstić information content (AvgIpc) is 2.97. The van der Waals surface area contributed by atoms with Gasteiger partial charge in [-0.3, -0.25) is 4.79 Å². The first-order valence-electron chi connectivity index (χ1n) is 6.17. The van der Waals surface area contributed by atoms with Crippen LogP contribution in [-0.4, -0.2) is 5.78 Å². The van der Waals surface area contributed by atoms with Crippen molar-refractivity contribution in [2.75, 3.05) is 0 Å². The van der Waals surface area contributed by atoms with Crippen molar-refractivity contribution in [1.29, 1.82) is 0 Å². The van der Waals surface area contributed by atoms with Crippen molar-refractivity contribution >= 4 is 22.8 Å². The summed E-state index contributed by atoms with van der Waals surface area (Å²) in [6, 6.07) is 8.05. The van der Waals surface area contributed by atoms with E-state index in [-0.39, 0.29) is 11.5 Å². The topological polar surface area (TPSA) is 44.0 Å². The molecule has 1 aliphatic rings. The zero-order chi connectivity index (χ0) is 13.4. The molecule has 2 aromatic rings. The molecule has 0 spiro atoms. The number of pyridine rings is 1. The van der Waals surface area contributed by atoms with Crippen molar-refractivity contribution in [3.8, 4) is 10.4 Å². The Bertz CT molecular complexity index is 668. The lowest BCUT2D eigenvalue weighted by molar-refractivity contribution is -0.581. The fourth-order valence-corrected chi connectivity index (χ4v) is 3.11. The highest BCUT2D eigenvalue weighted by Gasteiger charge is 2.26. The quantitative estimate of drug-likeness (QED) is 0.783. The van der Waals surface area contributed by atoms with Crippen LogP contribution in [0.3, 0.4) is 0 Å². The molecule has 4 heteroatoms. The molecule has 0 bridgehead atoms. The van der Waals surface area contributed by atoms with Crippen LogP contribution in [0.5, 0.6) is 0 Å². The Labute approximate surface area is 115 Å². The second-order valence-electron chi connectivity index (χ2n) is 4.60. The molecule has 0 saturated carbocycles. The lowest BCUT2D eigenvalue weighted by Crippen LogP contribution is -2.35. The van der Waals surface area contributed by atoms with E-state index in [0.29, 0.717) is 18.5 Å². The van der Waals surface area contributed by atoms with Gasteiger partial charge >= 0.3 is 0 Å². The number of carbonyl (C=O) groups excluding carboxylic acids is 1. The average molecular weight is 271 g/mol. The van der Waals surface area contributed by atoms with Crippen LogP contribution in [0.15, 0.2) is 42.4 Å². The third kappa shape index (κ3) is 2.19. The van der Waals surface area contributed by atoms with Gasteiger partial charge in [-0.1, -0.05) is 5.76 Å². The molecule has 0 aromatic carbocycles. The number of Topliss-reactive ketones (excluding diaryl/α,β-unsaturated/α-hetero) is 1. The molecule has 0 aliphatic heterocycles. The summed E-state index contributed by atoms with van der Waals surface area (Å²) in [5.41, 5.74) is 1.40. The molecule has 2 heterocycles. The van der Waals surface area contributed by atoms with E-state index in [9.17, 15) is 9.90 Å². The third-order valence-electron chi connectivity index (χ3n) is 3.22. The van der Waals surface area contributed by atoms with Gasteiger partial charge in [0.25, 0.3) is 0 Å². The van der Waals surface area contributed by atoms with Gasteiger partial charge in [-0.15, -0.1) is 11.3 Å². The first-order valence-corrected chi connectivity index (χ1v) is 6.98. The summed E-state index contributed by atoms with van der Waals surface area (Å²) in [5.74, 6) is -0.121. The van der Waals surface area contributed by atoms with Crippen LogP contribution in [0.4, 0.5) is 0 Å². The highest BCUT2D eigenvalue weighted by Crippen LogP contribution is 2.27. The molecule has 19 heavy (non-hydrogen) atoms. The molecule has 0 radical (unpaired) electrons. The summed E-state index contributed by atoms with van der Waals surface area (Å²) >= 11 is 1.73. The van der Waals surface area contributed by atoms with E-state index in [1.807, 2.05) is 12.1 Å². The summed E-state index contributed by atoms with van der Waals surface area (Å²) in [6.45, 7) is 2.07. The summed E-state index contributed by atoms with van der Waals surface area (Å²) < 4.78 is 1.64. The maximum absolute atomic E-state index is 11.7. The van der Waals surface area contributed by atoms with Crippen LogP contribution in [0, 0.1) is 6.92 Å². The standard InChI is InChI=1S/C15H13NO2S/c1-10-2-5-14(19-10)11-6-8-16(9-7-11)15-12(17)3-4-13(15)18/h2,5-9H,3-4H2,1H3. The summed E-state index contributed by atoms with van der Waals surface area (Å²) in [4.78, 5) is 14.1. The molecule has 0 unspecified atom stereocenters. The Hall–Kier alpha value is -1.94. The maximum Gasteiger partial charge on any atom is 0.242 e. The molecule has 0 amide bonds. The number of ketones is 1. The van der Waals surface area contributed by atoms with Crippen molar-refractivity contribution in [2.45, 2.75) is 19.8 Å². The SMILES string of the molecule is Cc1ccc(-c2cc[n+](C3=C([O-])CCC3=O)cc2)s1. The predicted molar refractivity (Wildman–Crippen MR) is 72.1 cm³/mol. The molecular formula is C15H13NO2S. The summed E-state index contributed by atoms with van der Waals surface area (Å²) in [7, 11) is 0. The van der Waals surface area contributed by atoms with Gasteiger partial charge in [0.15, 0.2) is 12.4 Å². The minimum Gasteiger partial charge on any atom is -0.871 e. The van der Waals surface area contributed by atoms with Crippen molar-refractivity contribution in [3.05, 3.63) is 47.3 Å². The van der Waals surface area contributed by atoms with Crippen LogP contribution in [-0.2, 0) is 4.79 Å². The second-order valence-corrected chi connectivity index (χ2v) is 5.89. The van der Waals surface area contributed by atoms with E-state index in [4.69, 9.17) is 0 Å². The Morgan fingerprint density at radius 2 is 1.89 bits per heavy atom. The van der Waals surface area contributed by atoms with E-state index in [2.05, 4.69) is 19.1 Å². The molecule has 0 atom stereocenters. The fourth-order valence-electron chi connectivity index (χ4n) is 2.24. The number of carbonyl (C=O) groups is 1. The van der Waals surface area contributed by atoms with E-state index in [1.54, 1.807) is 28.3 Å². The normalized spacial score (nSPS) is 15.3. The number of thiophene rings is 1. The minimum atomic E-state index is -0.0604. The van der Waals surface area contributed by atoms with E-state index >= 15 is 0 Å². The van der Waals surface area contributed by atoms with Gasteiger partial charge in [0.1, 0.15) is 0 Å². The van der Waals surface area contributed by atoms with Crippen molar-refractivity contribution in [3.63, 3.8) is 0 Å². The van der Waals surface area contributed by atoms with Crippen LogP contribution < -0.4 is 9.67 Å². The Morgan fingerprint density at radius 3 is 2.42 bits per heavy atom. The molecule has 1 aliphatic carbocycles. The molecular weight excluding hydrogens is 258 g/mol. The second kappa shape index (κ2) is 4.63. The number of hydrogen-bond donors (Lipinski definition) is 0. The Morgan fingerprint density at radius 1 is 1.16 bits per heavy atom. The lowest BCUT2D eigenvalue weighted by atomic mass is 10.2. The number of allylic oxidation sites excluding steroid dienone is 2. The molecule has 3 nitrogen and oxygen atoms in total. The van der Waals surface area contributed by atoms with Gasteiger partial charge in [0, 0.05) is 33.9 Å². The van der Waals surface area contributed by atoms with Gasteiger partial charge in [0.05, 0.1) is 0 Å². The molecule has 0 saturated heterocycles. The van der Waals surface area contributed by atoms with Gasteiger partial charge < -0.3 is 5.11 Å². The number of aryl methyl sites for hydroxylation is 1. The molecule has 96 valence electrons. The third-order valence-corrected chi connectivity index (χ3v) is 4.27. The largest absolute Gasteiger partial charge is 0.871 e. The number of aromatic nitrogens is 1. The van der Waals surface area contributed by atoms with E-state index in [1.165, 1.54) is 9.75 Å². The monoisotopic (exact) mass is 271 g/mol. The van der Waals surface area contributed by atoms with Gasteiger partial charge in [0.2, 0.25) is 11.5 Å².